The number of fused-ring (bicyclic) bond motifs is 1. The summed E-state index contributed by atoms with van der Waals surface area (Å²) in [4.78, 5) is 25.1. The minimum atomic E-state index is -0.322. The highest BCUT2D eigenvalue weighted by atomic mass is 127. The predicted molar refractivity (Wildman–Crippen MR) is 104 cm³/mol. The van der Waals surface area contributed by atoms with Gasteiger partial charge < -0.3 is 5.32 Å². The Morgan fingerprint density at radius 1 is 1.21 bits per heavy atom. The smallest absolute Gasteiger partial charge is 0.276 e. The Balaban J connectivity index is 2.10. The molecule has 1 heterocycles. The highest BCUT2D eigenvalue weighted by Crippen LogP contribution is 2.20. The monoisotopic (exact) mass is 433 g/mol. The number of carbonyl (C=O) groups is 1. The van der Waals surface area contributed by atoms with E-state index in [4.69, 9.17) is 0 Å². The number of rotatable bonds is 3. The molecule has 1 N–H and O–H groups in total. The third kappa shape index (κ3) is 3.06. The van der Waals surface area contributed by atoms with Crippen LogP contribution in [0.1, 0.15) is 23.0 Å². The van der Waals surface area contributed by atoms with Crippen molar-refractivity contribution in [3.05, 3.63) is 67.6 Å². The summed E-state index contributed by atoms with van der Waals surface area (Å²) in [6.07, 6.45) is 0. The lowest BCUT2D eigenvalue weighted by Crippen LogP contribution is -2.27. The predicted octanol–water partition coefficient (Wildman–Crippen LogP) is 3.58. The molecule has 1 amide bonds. The lowest BCUT2D eigenvalue weighted by Gasteiger charge is -2.11. The highest BCUT2D eigenvalue weighted by molar-refractivity contribution is 14.1. The lowest BCUT2D eigenvalue weighted by molar-refractivity contribution is 0.102. The van der Waals surface area contributed by atoms with Crippen molar-refractivity contribution >= 4 is 45.0 Å². The van der Waals surface area contributed by atoms with Crippen LogP contribution in [0, 0.1) is 10.5 Å². The van der Waals surface area contributed by atoms with Gasteiger partial charge >= 0.3 is 0 Å². The molecular weight excluding hydrogens is 417 g/mol. The van der Waals surface area contributed by atoms with Gasteiger partial charge in [-0.05, 0) is 66.3 Å². The number of aromatic nitrogens is 2. The first-order chi connectivity index (χ1) is 11.5. The summed E-state index contributed by atoms with van der Waals surface area (Å²) >= 11 is 2.23. The molecule has 2 aromatic carbocycles. The molecule has 0 spiro atoms. The van der Waals surface area contributed by atoms with Gasteiger partial charge in [0.2, 0.25) is 0 Å². The van der Waals surface area contributed by atoms with Crippen molar-refractivity contribution in [2.24, 2.45) is 0 Å². The molecule has 0 bridgehead atoms. The SMILES string of the molecule is CCn1nc(C(=O)Nc2ccc(I)cc2C)c2ccccc2c1=O. The molecule has 0 unspecified atom stereocenters. The van der Waals surface area contributed by atoms with E-state index in [1.807, 2.05) is 32.0 Å². The number of nitrogens with zero attached hydrogens (tertiary/aromatic N) is 2. The summed E-state index contributed by atoms with van der Waals surface area (Å²) in [6.45, 7) is 4.18. The first-order valence-corrected chi connectivity index (χ1v) is 8.66. The Morgan fingerprint density at radius 2 is 1.92 bits per heavy atom. The van der Waals surface area contributed by atoms with Gasteiger partial charge in [0.1, 0.15) is 0 Å². The van der Waals surface area contributed by atoms with Gasteiger partial charge in [-0.3, -0.25) is 9.59 Å². The molecule has 0 saturated carbocycles. The van der Waals surface area contributed by atoms with E-state index in [0.29, 0.717) is 17.3 Å². The zero-order valence-corrected chi connectivity index (χ0v) is 15.5. The van der Waals surface area contributed by atoms with E-state index in [-0.39, 0.29) is 17.2 Å². The van der Waals surface area contributed by atoms with Crippen LogP contribution in [0.2, 0.25) is 0 Å². The van der Waals surface area contributed by atoms with E-state index in [1.54, 1.807) is 24.3 Å². The van der Waals surface area contributed by atoms with Crippen LogP contribution in [-0.4, -0.2) is 15.7 Å². The number of anilines is 1. The fraction of sp³-hybridized carbons (Fsp3) is 0.167. The number of carbonyl (C=O) groups excluding carboxylic acids is 1. The van der Waals surface area contributed by atoms with Crippen molar-refractivity contribution in [3.63, 3.8) is 0 Å². The second kappa shape index (κ2) is 6.72. The van der Waals surface area contributed by atoms with Gasteiger partial charge in [0, 0.05) is 21.2 Å². The minimum absolute atomic E-state index is 0.185. The van der Waals surface area contributed by atoms with Gasteiger partial charge in [-0.1, -0.05) is 18.2 Å². The molecule has 3 aromatic rings. The molecule has 0 radical (unpaired) electrons. The van der Waals surface area contributed by atoms with Gasteiger partial charge in [0.15, 0.2) is 5.69 Å². The molecule has 0 saturated heterocycles. The second-order valence-electron chi connectivity index (χ2n) is 5.43. The van der Waals surface area contributed by atoms with Crippen LogP contribution >= 0.6 is 22.6 Å². The molecule has 0 aliphatic heterocycles. The van der Waals surface area contributed by atoms with Gasteiger partial charge in [0.25, 0.3) is 11.5 Å². The largest absolute Gasteiger partial charge is 0.320 e. The molecular formula is C18H16IN3O2. The average Bonchev–Trinajstić information content (AvgIpc) is 2.58. The molecule has 6 heteroatoms. The van der Waals surface area contributed by atoms with Crippen LogP contribution in [0.4, 0.5) is 5.69 Å². The van der Waals surface area contributed by atoms with Crippen LogP contribution in [-0.2, 0) is 6.54 Å². The summed E-state index contributed by atoms with van der Waals surface area (Å²) in [5.41, 5.74) is 1.78. The maximum absolute atomic E-state index is 12.8. The van der Waals surface area contributed by atoms with Gasteiger partial charge in [-0.2, -0.15) is 5.10 Å². The third-order valence-corrected chi connectivity index (χ3v) is 4.49. The quantitative estimate of drug-likeness (QED) is 0.643. The van der Waals surface area contributed by atoms with Crippen molar-refractivity contribution in [3.8, 4) is 0 Å². The van der Waals surface area contributed by atoms with E-state index in [2.05, 4.69) is 33.0 Å². The normalized spacial score (nSPS) is 10.8. The third-order valence-electron chi connectivity index (χ3n) is 3.82. The molecule has 0 fully saturated rings. The fourth-order valence-electron chi connectivity index (χ4n) is 2.57. The molecule has 1 aromatic heterocycles. The Hall–Kier alpha value is -2.22. The van der Waals surface area contributed by atoms with Crippen molar-refractivity contribution in [2.45, 2.75) is 20.4 Å². The van der Waals surface area contributed by atoms with E-state index in [9.17, 15) is 9.59 Å². The molecule has 5 nitrogen and oxygen atoms in total. The Bertz CT molecular complexity index is 995. The summed E-state index contributed by atoms with van der Waals surface area (Å²) < 4.78 is 2.42. The Labute approximate surface area is 152 Å². The van der Waals surface area contributed by atoms with Crippen molar-refractivity contribution in [2.75, 3.05) is 5.32 Å². The number of halogens is 1. The highest BCUT2D eigenvalue weighted by Gasteiger charge is 2.17. The Morgan fingerprint density at radius 3 is 2.58 bits per heavy atom. The topological polar surface area (TPSA) is 64.0 Å². The zero-order chi connectivity index (χ0) is 17.3. The number of hydrogen-bond acceptors (Lipinski definition) is 3. The molecule has 24 heavy (non-hydrogen) atoms. The molecule has 3 rings (SSSR count). The van der Waals surface area contributed by atoms with E-state index in [0.717, 1.165) is 14.8 Å². The van der Waals surface area contributed by atoms with Gasteiger partial charge in [-0.25, -0.2) is 4.68 Å². The molecule has 122 valence electrons. The molecule has 0 atom stereocenters. The minimum Gasteiger partial charge on any atom is -0.320 e. The maximum Gasteiger partial charge on any atom is 0.276 e. The molecule has 0 aliphatic carbocycles. The summed E-state index contributed by atoms with van der Waals surface area (Å²) in [7, 11) is 0. The molecule has 0 aliphatic rings. The van der Waals surface area contributed by atoms with Crippen LogP contribution in [0.15, 0.2) is 47.3 Å². The second-order valence-corrected chi connectivity index (χ2v) is 6.67. The van der Waals surface area contributed by atoms with Gasteiger partial charge in [-0.15, -0.1) is 0 Å². The van der Waals surface area contributed by atoms with Gasteiger partial charge in [0.05, 0.1) is 5.39 Å². The van der Waals surface area contributed by atoms with Crippen molar-refractivity contribution in [1.82, 2.24) is 9.78 Å². The Kier molecular flexibility index (Phi) is 4.66. The summed E-state index contributed by atoms with van der Waals surface area (Å²) in [5.74, 6) is -0.322. The number of aryl methyl sites for hydroxylation is 2. The zero-order valence-electron chi connectivity index (χ0n) is 13.3. The van der Waals surface area contributed by atoms with Crippen LogP contribution in [0.3, 0.4) is 0 Å². The van der Waals surface area contributed by atoms with Crippen LogP contribution in [0.25, 0.3) is 10.8 Å². The maximum atomic E-state index is 12.8. The fourth-order valence-corrected chi connectivity index (χ4v) is 3.21. The van der Waals surface area contributed by atoms with E-state index in [1.165, 1.54) is 4.68 Å². The number of benzene rings is 2. The van der Waals surface area contributed by atoms with Crippen LogP contribution < -0.4 is 10.9 Å². The van der Waals surface area contributed by atoms with Crippen LogP contribution in [0.5, 0.6) is 0 Å². The summed E-state index contributed by atoms with van der Waals surface area (Å²) in [6, 6.07) is 12.8. The lowest BCUT2D eigenvalue weighted by atomic mass is 10.1. The van der Waals surface area contributed by atoms with Crippen molar-refractivity contribution < 1.29 is 4.79 Å². The average molecular weight is 433 g/mol. The standard InChI is InChI=1S/C18H16IN3O2/c1-3-22-18(24)14-7-5-4-6-13(14)16(21-22)17(23)20-15-9-8-12(19)10-11(15)2/h4-10H,3H2,1-2H3,(H,20,23). The summed E-state index contributed by atoms with van der Waals surface area (Å²) in [5, 5.41) is 8.21. The number of nitrogens with one attached hydrogen (secondary N) is 1. The number of amides is 1. The number of hydrogen-bond donors (Lipinski definition) is 1. The van der Waals surface area contributed by atoms with E-state index < -0.39 is 0 Å². The van der Waals surface area contributed by atoms with Crippen molar-refractivity contribution in [1.29, 1.82) is 0 Å². The first kappa shape index (κ1) is 16.6. The first-order valence-electron chi connectivity index (χ1n) is 7.58. The van der Waals surface area contributed by atoms with E-state index >= 15 is 0 Å².